The lowest BCUT2D eigenvalue weighted by atomic mass is 9.98. The van der Waals surface area contributed by atoms with Gasteiger partial charge < -0.3 is 15.0 Å². The Hall–Kier alpha value is -1.59. The zero-order chi connectivity index (χ0) is 15.1. The molecule has 1 aliphatic heterocycles. The summed E-state index contributed by atoms with van der Waals surface area (Å²) in [7, 11) is 1.27. The summed E-state index contributed by atoms with van der Waals surface area (Å²) in [6.45, 7) is 4.28. The van der Waals surface area contributed by atoms with Gasteiger partial charge in [-0.1, -0.05) is 13.3 Å². The molecule has 1 heterocycles. The summed E-state index contributed by atoms with van der Waals surface area (Å²) >= 11 is 0. The van der Waals surface area contributed by atoms with E-state index in [2.05, 4.69) is 17.0 Å². The van der Waals surface area contributed by atoms with Gasteiger partial charge in [0.05, 0.1) is 13.7 Å². The Morgan fingerprint density at radius 1 is 1.45 bits per heavy atom. The van der Waals surface area contributed by atoms with Crippen molar-refractivity contribution in [2.24, 2.45) is 5.92 Å². The van der Waals surface area contributed by atoms with E-state index < -0.39 is 12.0 Å². The fraction of sp³-hybridized carbons (Fsp3) is 0.786. The molecule has 0 spiro atoms. The van der Waals surface area contributed by atoms with Crippen LogP contribution >= 0.6 is 0 Å². The van der Waals surface area contributed by atoms with Crippen molar-refractivity contribution in [2.75, 3.05) is 20.2 Å². The number of nitrogens with zero attached hydrogens (tertiary/aromatic N) is 1. The van der Waals surface area contributed by atoms with E-state index in [9.17, 15) is 14.4 Å². The molecule has 1 rings (SSSR count). The predicted molar refractivity (Wildman–Crippen MR) is 73.8 cm³/mol. The highest BCUT2D eigenvalue weighted by Gasteiger charge is 2.28. The molecule has 6 nitrogen and oxygen atoms in total. The van der Waals surface area contributed by atoms with Crippen LogP contribution < -0.4 is 5.32 Å². The smallest absolute Gasteiger partial charge is 0.330 e. The van der Waals surface area contributed by atoms with Crippen molar-refractivity contribution in [1.29, 1.82) is 0 Å². The quantitative estimate of drug-likeness (QED) is 0.754. The first kappa shape index (κ1) is 16.5. The maximum Gasteiger partial charge on any atom is 0.330 e. The van der Waals surface area contributed by atoms with Crippen molar-refractivity contribution >= 4 is 17.8 Å². The Labute approximate surface area is 119 Å². The van der Waals surface area contributed by atoms with Gasteiger partial charge in [-0.3, -0.25) is 9.59 Å². The number of esters is 1. The average molecular weight is 284 g/mol. The van der Waals surface area contributed by atoms with Gasteiger partial charge in [0.2, 0.25) is 11.8 Å². The van der Waals surface area contributed by atoms with Gasteiger partial charge >= 0.3 is 5.97 Å². The van der Waals surface area contributed by atoms with Crippen LogP contribution in [0.1, 0.15) is 39.5 Å². The minimum absolute atomic E-state index is 0.0419. The summed E-state index contributed by atoms with van der Waals surface area (Å²) in [5.74, 6) is -0.236. The highest BCUT2D eigenvalue weighted by Crippen LogP contribution is 2.21. The highest BCUT2D eigenvalue weighted by molar-refractivity contribution is 5.84. The van der Waals surface area contributed by atoms with Crippen molar-refractivity contribution in [3.8, 4) is 0 Å². The Kier molecular flexibility index (Phi) is 6.48. The van der Waals surface area contributed by atoms with Crippen molar-refractivity contribution in [3.05, 3.63) is 0 Å². The molecule has 1 N–H and O–H groups in total. The molecule has 1 aliphatic rings. The lowest BCUT2D eigenvalue weighted by Crippen LogP contribution is -2.49. The zero-order valence-electron chi connectivity index (χ0n) is 12.5. The molecule has 0 aromatic rings. The van der Waals surface area contributed by atoms with Crippen LogP contribution in [0.25, 0.3) is 0 Å². The van der Waals surface area contributed by atoms with Gasteiger partial charge in [0.1, 0.15) is 6.04 Å². The highest BCUT2D eigenvalue weighted by atomic mass is 16.5. The molecule has 1 saturated heterocycles. The SMILES string of the molecule is CCC1CCC(=O)N(CC(NC(C)=O)C(=O)OC)CC1. The second-order valence-corrected chi connectivity index (χ2v) is 5.22. The molecule has 0 aromatic carbocycles. The van der Waals surface area contributed by atoms with Gasteiger partial charge in [0.25, 0.3) is 0 Å². The molecule has 20 heavy (non-hydrogen) atoms. The van der Waals surface area contributed by atoms with Crippen LogP contribution in [-0.2, 0) is 19.1 Å². The summed E-state index contributed by atoms with van der Waals surface area (Å²) < 4.78 is 4.67. The molecule has 0 aliphatic carbocycles. The Morgan fingerprint density at radius 3 is 2.70 bits per heavy atom. The minimum Gasteiger partial charge on any atom is -0.467 e. The van der Waals surface area contributed by atoms with Crippen molar-refractivity contribution in [1.82, 2.24) is 10.2 Å². The van der Waals surface area contributed by atoms with Crippen LogP contribution in [0, 0.1) is 5.92 Å². The molecule has 114 valence electrons. The molecule has 6 heteroatoms. The number of methoxy groups -OCH3 is 1. The molecule has 0 aromatic heterocycles. The van der Waals surface area contributed by atoms with Crippen molar-refractivity contribution < 1.29 is 19.1 Å². The fourth-order valence-corrected chi connectivity index (χ4v) is 2.48. The van der Waals surface area contributed by atoms with Crippen LogP contribution in [0.3, 0.4) is 0 Å². The summed E-state index contributed by atoms with van der Waals surface area (Å²) in [4.78, 5) is 36.5. The maximum absolute atomic E-state index is 12.1. The molecule has 2 atom stereocenters. The van der Waals surface area contributed by atoms with E-state index in [0.29, 0.717) is 18.9 Å². The molecular weight excluding hydrogens is 260 g/mol. The van der Waals surface area contributed by atoms with E-state index in [1.54, 1.807) is 4.90 Å². The first-order valence-corrected chi connectivity index (χ1v) is 7.10. The van der Waals surface area contributed by atoms with Gasteiger partial charge in [-0.25, -0.2) is 4.79 Å². The predicted octanol–water partition coefficient (Wildman–Crippen LogP) is 0.703. The lowest BCUT2D eigenvalue weighted by molar-refractivity contribution is -0.146. The Bertz CT molecular complexity index is 370. The Balaban J connectivity index is 2.68. The van der Waals surface area contributed by atoms with Crippen LogP contribution in [0.2, 0.25) is 0 Å². The summed E-state index contributed by atoms with van der Waals surface area (Å²) in [5, 5.41) is 2.54. The number of ether oxygens (including phenoxy) is 1. The van der Waals surface area contributed by atoms with Crippen LogP contribution in [-0.4, -0.2) is 48.9 Å². The maximum atomic E-state index is 12.1. The van der Waals surface area contributed by atoms with E-state index in [1.165, 1.54) is 14.0 Å². The number of carbonyl (C=O) groups is 3. The number of likely N-dealkylation sites (tertiary alicyclic amines) is 1. The zero-order valence-corrected chi connectivity index (χ0v) is 12.5. The van der Waals surface area contributed by atoms with E-state index in [1.807, 2.05) is 0 Å². The Morgan fingerprint density at radius 2 is 2.15 bits per heavy atom. The van der Waals surface area contributed by atoms with Crippen molar-refractivity contribution in [3.63, 3.8) is 0 Å². The molecule has 0 saturated carbocycles. The average Bonchev–Trinajstić information content (AvgIpc) is 2.59. The topological polar surface area (TPSA) is 75.7 Å². The number of carbonyl (C=O) groups excluding carboxylic acids is 3. The summed E-state index contributed by atoms with van der Waals surface area (Å²) in [5.41, 5.74) is 0. The van der Waals surface area contributed by atoms with E-state index in [0.717, 1.165) is 19.3 Å². The number of hydrogen-bond donors (Lipinski definition) is 1. The molecule has 2 amide bonds. The number of rotatable bonds is 5. The molecule has 0 radical (unpaired) electrons. The van der Waals surface area contributed by atoms with E-state index in [4.69, 9.17) is 0 Å². The lowest BCUT2D eigenvalue weighted by Gasteiger charge is -2.25. The molecular formula is C14H24N2O4. The monoisotopic (exact) mass is 284 g/mol. The fourth-order valence-electron chi connectivity index (χ4n) is 2.48. The van der Waals surface area contributed by atoms with Crippen LogP contribution in [0.15, 0.2) is 0 Å². The normalized spacial score (nSPS) is 21.1. The van der Waals surface area contributed by atoms with E-state index in [-0.39, 0.29) is 18.4 Å². The van der Waals surface area contributed by atoms with Gasteiger partial charge in [0, 0.05) is 19.9 Å². The van der Waals surface area contributed by atoms with Gasteiger partial charge in [-0.05, 0) is 18.8 Å². The largest absolute Gasteiger partial charge is 0.467 e. The third-order valence-corrected chi connectivity index (χ3v) is 3.77. The third-order valence-electron chi connectivity index (χ3n) is 3.77. The summed E-state index contributed by atoms with van der Waals surface area (Å²) in [6, 6.07) is -0.792. The van der Waals surface area contributed by atoms with Gasteiger partial charge in [-0.2, -0.15) is 0 Å². The van der Waals surface area contributed by atoms with Crippen LogP contribution in [0.5, 0.6) is 0 Å². The van der Waals surface area contributed by atoms with Gasteiger partial charge in [0.15, 0.2) is 0 Å². The molecule has 2 unspecified atom stereocenters. The standard InChI is InChI=1S/C14H24N2O4/c1-4-11-5-6-13(18)16(8-7-11)9-12(14(19)20-3)15-10(2)17/h11-12H,4-9H2,1-3H3,(H,15,17). The van der Waals surface area contributed by atoms with Gasteiger partial charge in [-0.15, -0.1) is 0 Å². The van der Waals surface area contributed by atoms with Crippen LogP contribution in [0.4, 0.5) is 0 Å². The first-order valence-electron chi connectivity index (χ1n) is 7.10. The van der Waals surface area contributed by atoms with E-state index >= 15 is 0 Å². The second-order valence-electron chi connectivity index (χ2n) is 5.22. The number of nitrogens with one attached hydrogen (secondary N) is 1. The molecule has 1 fully saturated rings. The number of amides is 2. The third kappa shape index (κ3) is 4.83. The van der Waals surface area contributed by atoms with Crippen molar-refractivity contribution in [2.45, 2.75) is 45.6 Å². The minimum atomic E-state index is -0.792. The second kappa shape index (κ2) is 7.87. The molecule has 0 bridgehead atoms. The number of hydrogen-bond acceptors (Lipinski definition) is 4. The first-order chi connectivity index (χ1) is 9.47. The summed E-state index contributed by atoms with van der Waals surface area (Å²) in [6.07, 6.45) is 3.41.